The maximum atomic E-state index is 11.9. The largest absolute Gasteiger partial charge is 0.471 e. The van der Waals surface area contributed by atoms with E-state index >= 15 is 0 Å². The summed E-state index contributed by atoms with van der Waals surface area (Å²) in [6, 6.07) is 1.36. The molecule has 1 aliphatic carbocycles. The number of aromatic nitrogens is 2. The summed E-state index contributed by atoms with van der Waals surface area (Å²) in [4.78, 5) is 34.0. The van der Waals surface area contributed by atoms with Gasteiger partial charge in [-0.3, -0.25) is 19.1 Å². The van der Waals surface area contributed by atoms with Crippen LogP contribution in [0.5, 0.6) is 0 Å². The molecule has 3 aliphatic rings. The highest BCUT2D eigenvalue weighted by atomic mass is 19.4. The summed E-state index contributed by atoms with van der Waals surface area (Å²) in [5, 5.41) is 17.0. The lowest BCUT2D eigenvalue weighted by molar-refractivity contribution is -0.174. The molecule has 3 heterocycles. The molecular weight excluding hydrogens is 493 g/mol. The Morgan fingerprint density at radius 2 is 1.89 bits per heavy atom. The molecule has 0 bridgehead atoms. The second-order valence-electron chi connectivity index (χ2n) is 10.4. The Morgan fingerprint density at radius 1 is 1.30 bits per heavy atom. The number of nitrogens with zero attached hydrogens (tertiary/aromatic N) is 4. The van der Waals surface area contributed by atoms with E-state index in [-0.39, 0.29) is 5.41 Å². The van der Waals surface area contributed by atoms with Gasteiger partial charge in [-0.15, -0.1) is 0 Å². The van der Waals surface area contributed by atoms with Crippen LogP contribution in [0.2, 0.25) is 0 Å². The Kier molecular flexibility index (Phi) is 10.1. The van der Waals surface area contributed by atoms with Crippen molar-refractivity contribution in [3.8, 4) is 6.07 Å². The number of hydrogen-bond acceptors (Lipinski definition) is 6. The third kappa shape index (κ3) is 7.92. The normalized spacial score (nSPS) is 21.6. The molecule has 37 heavy (non-hydrogen) atoms. The van der Waals surface area contributed by atoms with E-state index < -0.39 is 30.6 Å². The number of amides is 3. The Morgan fingerprint density at radius 3 is 2.41 bits per heavy atom. The molecule has 0 aromatic carbocycles. The van der Waals surface area contributed by atoms with Gasteiger partial charge < -0.3 is 20.3 Å². The van der Waals surface area contributed by atoms with Crippen molar-refractivity contribution in [3.05, 3.63) is 17.5 Å². The van der Waals surface area contributed by atoms with E-state index in [1.807, 2.05) is 6.07 Å². The van der Waals surface area contributed by atoms with Gasteiger partial charge in [-0.05, 0) is 23.2 Å². The number of alkyl halides is 3. The number of halogens is 3. The summed E-state index contributed by atoms with van der Waals surface area (Å²) in [6.45, 7) is 13.1. The number of carbonyl (C=O) groups excluding carboxylic acids is 3. The first-order valence-electron chi connectivity index (χ1n) is 12.1. The van der Waals surface area contributed by atoms with E-state index in [1.54, 1.807) is 16.2 Å². The highest BCUT2D eigenvalue weighted by molar-refractivity contribution is 5.87. The second-order valence-corrected chi connectivity index (χ2v) is 10.4. The number of piperidine rings is 1. The van der Waals surface area contributed by atoms with Crippen molar-refractivity contribution in [1.29, 1.82) is 5.26 Å². The average molecular weight is 529 g/mol. The van der Waals surface area contributed by atoms with Crippen LogP contribution in [0.25, 0.3) is 0 Å². The van der Waals surface area contributed by atoms with Crippen LogP contribution >= 0.6 is 0 Å². The Hall–Kier alpha value is -3.14. The van der Waals surface area contributed by atoms with E-state index in [2.05, 4.69) is 45.0 Å². The first-order valence-corrected chi connectivity index (χ1v) is 12.1. The lowest BCUT2D eigenvalue weighted by Gasteiger charge is -2.22. The Bertz CT molecular complexity index is 985. The smallest absolute Gasteiger partial charge is 0.373 e. The number of likely N-dealkylation sites (tertiary alicyclic amines) is 1. The molecule has 3 amide bonds. The minimum Gasteiger partial charge on any atom is -0.373 e. The molecule has 0 spiro atoms. The fourth-order valence-electron chi connectivity index (χ4n) is 4.30. The number of fused-ring (bicyclic) bond motifs is 2. The van der Waals surface area contributed by atoms with Gasteiger partial charge in [-0.1, -0.05) is 34.6 Å². The molecule has 1 saturated carbocycles. The second kappa shape index (κ2) is 12.4. The van der Waals surface area contributed by atoms with Gasteiger partial charge in [0.05, 0.1) is 44.3 Å². The van der Waals surface area contributed by atoms with Crippen molar-refractivity contribution in [2.45, 2.75) is 60.0 Å². The van der Waals surface area contributed by atoms with Gasteiger partial charge in [0.25, 0.3) is 0 Å². The van der Waals surface area contributed by atoms with E-state index in [0.29, 0.717) is 56.7 Å². The monoisotopic (exact) mass is 528 g/mol. The van der Waals surface area contributed by atoms with Crippen LogP contribution in [0, 0.1) is 34.5 Å². The highest BCUT2D eigenvalue weighted by Crippen LogP contribution is 2.61. The van der Waals surface area contributed by atoms with Gasteiger partial charge in [0.1, 0.15) is 6.04 Å². The zero-order chi connectivity index (χ0) is 28.0. The zero-order valence-corrected chi connectivity index (χ0v) is 21.8. The summed E-state index contributed by atoms with van der Waals surface area (Å²) in [7, 11) is 0. The maximum absolute atomic E-state index is 11.9. The number of ether oxygens (including phenoxy) is 1. The maximum Gasteiger partial charge on any atom is 0.471 e. The van der Waals surface area contributed by atoms with Crippen LogP contribution in [-0.4, -0.2) is 65.3 Å². The summed E-state index contributed by atoms with van der Waals surface area (Å²) >= 11 is 0. The molecule has 1 saturated heterocycles. The topological polar surface area (TPSA) is 129 Å². The van der Waals surface area contributed by atoms with Crippen LogP contribution in [0.1, 0.15) is 51.9 Å². The molecule has 10 nitrogen and oxygen atoms in total. The molecular formula is C24H35F3N6O4. The van der Waals surface area contributed by atoms with Crippen molar-refractivity contribution >= 4 is 18.2 Å². The summed E-state index contributed by atoms with van der Waals surface area (Å²) in [5.41, 5.74) is 1.82. The van der Waals surface area contributed by atoms with Crippen molar-refractivity contribution < 1.29 is 32.3 Å². The molecule has 3 unspecified atom stereocenters. The van der Waals surface area contributed by atoms with Gasteiger partial charge in [-0.25, -0.2) is 0 Å². The number of rotatable bonds is 5. The first-order chi connectivity index (χ1) is 17.2. The van der Waals surface area contributed by atoms with Crippen LogP contribution in [0.3, 0.4) is 0 Å². The third-order valence-corrected chi connectivity index (χ3v) is 6.47. The third-order valence-electron chi connectivity index (χ3n) is 6.47. The number of carbonyl (C=O) groups is 3. The minimum absolute atomic E-state index is 0.242. The predicted molar refractivity (Wildman–Crippen MR) is 126 cm³/mol. The summed E-state index contributed by atoms with van der Waals surface area (Å²) in [5.74, 6) is -0.796. The summed E-state index contributed by atoms with van der Waals surface area (Å²) in [6.07, 6.45) is -2.81. The summed E-state index contributed by atoms with van der Waals surface area (Å²) < 4.78 is 42.8. The molecule has 1 aromatic heterocycles. The quantitative estimate of drug-likeness (QED) is 0.564. The zero-order valence-electron chi connectivity index (χ0n) is 21.8. The van der Waals surface area contributed by atoms with Crippen LogP contribution in [0.4, 0.5) is 13.2 Å². The standard InChI is InChI=1S/C11H15F3N2O2.C9H10N4O2.C4H10/c1-10(2)6-4-16(5-7(6)10)8(17)3-15-9(18)11(12,13)14;10-3-8(11-6-14)7-4-12-13-1-2-15-5-9(7)13;1-4(2)3/h6-7H,3-5H2,1-2H3,(H,15,18);4,6,8H,1-2,5H2,(H,11,14);4H,1-3H3. The van der Waals surface area contributed by atoms with Gasteiger partial charge >= 0.3 is 12.1 Å². The predicted octanol–water partition coefficient (Wildman–Crippen LogP) is 2.17. The van der Waals surface area contributed by atoms with Crippen LogP contribution in [0.15, 0.2) is 6.20 Å². The van der Waals surface area contributed by atoms with Gasteiger partial charge in [-0.2, -0.15) is 23.5 Å². The minimum atomic E-state index is -4.94. The van der Waals surface area contributed by atoms with E-state index in [0.717, 1.165) is 11.6 Å². The number of hydrogen-bond donors (Lipinski definition) is 2. The fourth-order valence-corrected chi connectivity index (χ4v) is 4.30. The Labute approximate surface area is 214 Å². The number of nitrogens with one attached hydrogen (secondary N) is 2. The molecule has 0 radical (unpaired) electrons. The van der Waals surface area contributed by atoms with Crippen molar-refractivity contribution in [1.82, 2.24) is 25.3 Å². The van der Waals surface area contributed by atoms with Crippen molar-refractivity contribution in [2.24, 2.45) is 23.2 Å². The van der Waals surface area contributed by atoms with Crippen molar-refractivity contribution in [2.75, 3.05) is 26.2 Å². The highest BCUT2D eigenvalue weighted by Gasteiger charge is 2.62. The van der Waals surface area contributed by atoms with Crippen molar-refractivity contribution in [3.63, 3.8) is 0 Å². The van der Waals surface area contributed by atoms with Crippen LogP contribution in [-0.2, 0) is 32.3 Å². The lowest BCUT2D eigenvalue weighted by atomic mass is 10.1. The van der Waals surface area contributed by atoms with E-state index in [1.165, 1.54) is 4.90 Å². The van der Waals surface area contributed by atoms with Gasteiger partial charge in [0.15, 0.2) is 0 Å². The molecule has 2 fully saturated rings. The molecule has 206 valence electrons. The van der Waals surface area contributed by atoms with E-state index in [4.69, 9.17) is 10.00 Å². The molecule has 3 atom stereocenters. The Balaban J connectivity index is 0.000000230. The lowest BCUT2D eigenvalue weighted by Crippen LogP contribution is -2.44. The number of nitriles is 1. The SMILES string of the molecule is CC(C)C.CC1(C)C2CN(C(=O)CNC(=O)C(F)(F)F)CC21.N#CC(NC=O)c1cnn2c1COCC2. The molecule has 13 heteroatoms. The van der Waals surface area contributed by atoms with E-state index in [9.17, 15) is 27.6 Å². The molecule has 4 rings (SSSR count). The molecule has 1 aromatic rings. The average Bonchev–Trinajstić information content (AvgIpc) is 3.23. The first kappa shape index (κ1) is 30.1. The van der Waals surface area contributed by atoms with Crippen LogP contribution < -0.4 is 10.6 Å². The molecule has 2 aliphatic heterocycles. The molecule has 2 N–H and O–H groups in total. The fraction of sp³-hybridized carbons (Fsp3) is 0.708. The van der Waals surface area contributed by atoms with Gasteiger partial charge in [0.2, 0.25) is 12.3 Å². The van der Waals surface area contributed by atoms with Gasteiger partial charge in [0, 0.05) is 18.7 Å².